The number of nitrogens with one attached hydrogen (secondary N) is 1. The van der Waals surface area contributed by atoms with Crippen molar-refractivity contribution in [3.63, 3.8) is 0 Å². The van der Waals surface area contributed by atoms with Gasteiger partial charge in [-0.15, -0.1) is 11.3 Å². The summed E-state index contributed by atoms with van der Waals surface area (Å²) in [5, 5.41) is 4.94. The average molecular weight is 373 g/mol. The number of nitrogens with zero attached hydrogens (tertiary/aromatic N) is 3. The Bertz CT molecular complexity index is 782. The Morgan fingerprint density at radius 2 is 2.00 bits per heavy atom. The minimum atomic E-state index is 0.766. The first-order valence-corrected chi connectivity index (χ1v) is 8.27. The summed E-state index contributed by atoms with van der Waals surface area (Å²) in [5.41, 5.74) is 5.84. The highest BCUT2D eigenvalue weighted by molar-refractivity contribution is 9.10. The molecule has 2 aromatic heterocycles. The molecule has 1 aromatic carbocycles. The van der Waals surface area contributed by atoms with Crippen LogP contribution in [-0.2, 0) is 0 Å². The lowest BCUT2D eigenvalue weighted by molar-refractivity contribution is 1.26. The highest BCUT2D eigenvalue weighted by Crippen LogP contribution is 2.30. The van der Waals surface area contributed by atoms with E-state index in [1.54, 1.807) is 23.7 Å². The van der Waals surface area contributed by atoms with E-state index in [9.17, 15) is 0 Å². The maximum Gasteiger partial charge on any atom is 0.204 e. The Morgan fingerprint density at radius 3 is 2.73 bits per heavy atom. The van der Waals surface area contributed by atoms with Gasteiger partial charge < -0.3 is 0 Å². The molecule has 0 aliphatic rings. The van der Waals surface area contributed by atoms with E-state index in [2.05, 4.69) is 43.3 Å². The van der Waals surface area contributed by atoms with Crippen LogP contribution in [0.3, 0.4) is 0 Å². The zero-order valence-corrected chi connectivity index (χ0v) is 14.2. The lowest BCUT2D eigenvalue weighted by atomic mass is 10.1. The second-order valence-electron chi connectivity index (χ2n) is 4.56. The van der Waals surface area contributed by atoms with Crippen LogP contribution in [0.4, 0.5) is 5.13 Å². The highest BCUT2D eigenvalue weighted by Gasteiger charge is 2.09. The van der Waals surface area contributed by atoms with Crippen molar-refractivity contribution >= 4 is 38.6 Å². The van der Waals surface area contributed by atoms with Crippen molar-refractivity contribution in [2.24, 2.45) is 5.10 Å². The van der Waals surface area contributed by atoms with Crippen molar-refractivity contribution in [3.8, 4) is 11.3 Å². The standard InChI is InChI=1S/C16H13BrN4S/c1-11-15(12-5-7-13(17)8-6-12)20-16(22-11)21-19-10-14-4-2-3-9-18-14/h2-10H,1H3,(H,20,21)/b19-10+. The lowest BCUT2D eigenvalue weighted by Gasteiger charge is -1.98. The van der Waals surface area contributed by atoms with Gasteiger partial charge in [0.2, 0.25) is 5.13 Å². The Hall–Kier alpha value is -2.05. The van der Waals surface area contributed by atoms with Crippen molar-refractivity contribution in [1.29, 1.82) is 0 Å². The molecule has 0 bridgehead atoms. The molecule has 22 heavy (non-hydrogen) atoms. The number of hydrogen-bond acceptors (Lipinski definition) is 5. The monoisotopic (exact) mass is 372 g/mol. The number of hydrazone groups is 1. The van der Waals surface area contributed by atoms with Crippen LogP contribution in [0.15, 0.2) is 58.2 Å². The van der Waals surface area contributed by atoms with Crippen LogP contribution < -0.4 is 5.43 Å². The second-order valence-corrected chi connectivity index (χ2v) is 6.67. The zero-order chi connectivity index (χ0) is 15.4. The van der Waals surface area contributed by atoms with Crippen LogP contribution in [-0.4, -0.2) is 16.2 Å². The number of hydrogen-bond donors (Lipinski definition) is 1. The van der Waals surface area contributed by atoms with Crippen LogP contribution in [0.5, 0.6) is 0 Å². The summed E-state index contributed by atoms with van der Waals surface area (Å²) in [6, 6.07) is 13.8. The van der Waals surface area contributed by atoms with Crippen molar-refractivity contribution in [2.75, 3.05) is 5.43 Å². The van der Waals surface area contributed by atoms with Gasteiger partial charge >= 0.3 is 0 Å². The number of halogens is 1. The first kappa shape index (κ1) is 14.9. The summed E-state index contributed by atoms with van der Waals surface area (Å²) < 4.78 is 1.06. The van der Waals surface area contributed by atoms with E-state index in [1.807, 2.05) is 42.5 Å². The predicted octanol–water partition coefficient (Wildman–Crippen LogP) is 4.72. The van der Waals surface area contributed by atoms with E-state index in [0.717, 1.165) is 31.4 Å². The smallest absolute Gasteiger partial charge is 0.204 e. The van der Waals surface area contributed by atoms with Gasteiger partial charge in [0.05, 0.1) is 17.6 Å². The third-order valence-electron chi connectivity index (χ3n) is 2.96. The minimum Gasteiger partial charge on any atom is -0.255 e. The third-order valence-corrected chi connectivity index (χ3v) is 4.36. The van der Waals surface area contributed by atoms with E-state index in [-0.39, 0.29) is 0 Å². The van der Waals surface area contributed by atoms with E-state index in [1.165, 1.54) is 0 Å². The number of anilines is 1. The van der Waals surface area contributed by atoms with Gasteiger partial charge in [-0.3, -0.25) is 10.4 Å². The average Bonchev–Trinajstić information content (AvgIpc) is 2.90. The number of aromatic nitrogens is 2. The van der Waals surface area contributed by atoms with Gasteiger partial charge in [0.1, 0.15) is 0 Å². The first-order chi connectivity index (χ1) is 10.7. The van der Waals surface area contributed by atoms with Crippen LogP contribution in [0.1, 0.15) is 10.6 Å². The Kier molecular flexibility index (Phi) is 4.60. The molecule has 3 aromatic rings. The van der Waals surface area contributed by atoms with E-state index >= 15 is 0 Å². The second kappa shape index (κ2) is 6.81. The molecule has 4 nitrogen and oxygen atoms in total. The molecule has 3 rings (SSSR count). The molecular formula is C16H13BrN4S. The Morgan fingerprint density at radius 1 is 1.18 bits per heavy atom. The fourth-order valence-corrected chi connectivity index (χ4v) is 2.98. The van der Waals surface area contributed by atoms with Crippen LogP contribution >= 0.6 is 27.3 Å². The normalized spacial score (nSPS) is 11.0. The molecule has 0 amide bonds. The molecule has 0 aliphatic heterocycles. The summed E-state index contributed by atoms with van der Waals surface area (Å²) in [7, 11) is 0. The lowest BCUT2D eigenvalue weighted by Crippen LogP contribution is -1.91. The predicted molar refractivity (Wildman–Crippen MR) is 95.4 cm³/mol. The SMILES string of the molecule is Cc1sc(N/N=C/c2ccccn2)nc1-c1ccc(Br)cc1. The first-order valence-electron chi connectivity index (χ1n) is 6.66. The fourth-order valence-electron chi connectivity index (χ4n) is 1.93. The summed E-state index contributed by atoms with van der Waals surface area (Å²) in [4.78, 5) is 9.93. The van der Waals surface area contributed by atoms with E-state index < -0.39 is 0 Å². The van der Waals surface area contributed by atoms with E-state index in [0.29, 0.717) is 0 Å². The van der Waals surface area contributed by atoms with Gasteiger partial charge in [-0.2, -0.15) is 5.10 Å². The number of aryl methyl sites for hydroxylation is 1. The molecule has 0 radical (unpaired) electrons. The maximum absolute atomic E-state index is 4.60. The zero-order valence-electron chi connectivity index (χ0n) is 11.8. The van der Waals surface area contributed by atoms with Gasteiger partial charge in [0, 0.05) is 21.1 Å². The van der Waals surface area contributed by atoms with Crippen molar-refractivity contribution in [3.05, 3.63) is 63.7 Å². The van der Waals surface area contributed by atoms with Gasteiger partial charge in [0.15, 0.2) is 0 Å². The summed E-state index contributed by atoms with van der Waals surface area (Å²) in [5.74, 6) is 0. The molecule has 0 spiro atoms. The van der Waals surface area contributed by atoms with Crippen LogP contribution in [0, 0.1) is 6.92 Å². The molecule has 2 heterocycles. The summed E-state index contributed by atoms with van der Waals surface area (Å²) in [6.45, 7) is 2.06. The molecular weight excluding hydrogens is 360 g/mol. The fraction of sp³-hybridized carbons (Fsp3) is 0.0625. The van der Waals surface area contributed by atoms with Crippen molar-refractivity contribution in [2.45, 2.75) is 6.92 Å². The highest BCUT2D eigenvalue weighted by atomic mass is 79.9. The number of benzene rings is 1. The molecule has 0 fully saturated rings. The van der Waals surface area contributed by atoms with Gasteiger partial charge in [0.25, 0.3) is 0 Å². The molecule has 0 saturated heterocycles. The van der Waals surface area contributed by atoms with Gasteiger partial charge in [-0.05, 0) is 31.2 Å². The molecule has 0 unspecified atom stereocenters. The Balaban J connectivity index is 1.75. The molecule has 0 atom stereocenters. The summed E-state index contributed by atoms with van der Waals surface area (Å²) >= 11 is 5.02. The number of thiazole rings is 1. The molecule has 0 saturated carbocycles. The molecule has 110 valence electrons. The third kappa shape index (κ3) is 3.58. The van der Waals surface area contributed by atoms with Crippen molar-refractivity contribution in [1.82, 2.24) is 9.97 Å². The number of pyridine rings is 1. The van der Waals surface area contributed by atoms with E-state index in [4.69, 9.17) is 0 Å². The maximum atomic E-state index is 4.60. The van der Waals surface area contributed by atoms with Gasteiger partial charge in [-0.1, -0.05) is 34.1 Å². The minimum absolute atomic E-state index is 0.766. The molecule has 6 heteroatoms. The molecule has 0 aliphatic carbocycles. The van der Waals surface area contributed by atoms with Gasteiger partial charge in [-0.25, -0.2) is 4.98 Å². The van der Waals surface area contributed by atoms with Crippen LogP contribution in [0.25, 0.3) is 11.3 Å². The Labute approximate surface area is 141 Å². The summed E-state index contributed by atoms with van der Waals surface area (Å²) in [6.07, 6.45) is 3.41. The van der Waals surface area contributed by atoms with Crippen LogP contribution in [0.2, 0.25) is 0 Å². The molecule has 1 N–H and O–H groups in total. The quantitative estimate of drug-likeness (QED) is 0.532. The van der Waals surface area contributed by atoms with Crippen molar-refractivity contribution < 1.29 is 0 Å². The topological polar surface area (TPSA) is 50.2 Å². The largest absolute Gasteiger partial charge is 0.255 e. The number of rotatable bonds is 4.